The number of aromatic nitrogens is 6. The van der Waals surface area contributed by atoms with Crippen LogP contribution in [-0.4, -0.2) is 73.9 Å². The van der Waals surface area contributed by atoms with Crippen LogP contribution in [0.3, 0.4) is 0 Å². The molecule has 0 aromatic carbocycles. The van der Waals surface area contributed by atoms with Gasteiger partial charge in [0.15, 0.2) is 11.6 Å². The molecular formula is C17H20N8O2. The molecule has 3 aromatic rings. The number of hydrogen-bond donors (Lipinski definition) is 0. The predicted molar refractivity (Wildman–Crippen MR) is 97.0 cm³/mol. The molecule has 140 valence electrons. The van der Waals surface area contributed by atoms with Gasteiger partial charge >= 0.3 is 0 Å². The average Bonchev–Trinajstić information content (AvgIpc) is 3.37. The third-order valence-electron chi connectivity index (χ3n) is 4.49. The van der Waals surface area contributed by atoms with E-state index < -0.39 is 0 Å². The van der Waals surface area contributed by atoms with Crippen LogP contribution in [0, 0.1) is 0 Å². The van der Waals surface area contributed by atoms with Crippen LogP contribution in [0.2, 0.25) is 0 Å². The van der Waals surface area contributed by atoms with E-state index in [0.717, 1.165) is 5.82 Å². The van der Waals surface area contributed by atoms with Crippen molar-refractivity contribution in [2.24, 2.45) is 7.05 Å². The van der Waals surface area contributed by atoms with Gasteiger partial charge in [-0.3, -0.25) is 9.48 Å². The molecular weight excluding hydrogens is 348 g/mol. The fraction of sp³-hybridized carbons (Fsp3) is 0.353. The van der Waals surface area contributed by atoms with Crippen molar-refractivity contribution in [3.05, 3.63) is 42.4 Å². The molecule has 4 heterocycles. The zero-order valence-electron chi connectivity index (χ0n) is 15.2. The minimum Gasteiger partial charge on any atom is -0.479 e. The van der Waals surface area contributed by atoms with Crippen LogP contribution < -0.4 is 9.64 Å². The van der Waals surface area contributed by atoms with E-state index in [0.29, 0.717) is 43.4 Å². The van der Waals surface area contributed by atoms with Gasteiger partial charge in [-0.05, 0) is 18.2 Å². The van der Waals surface area contributed by atoms with Gasteiger partial charge in [0.25, 0.3) is 5.91 Å². The molecule has 3 aromatic heterocycles. The second kappa shape index (κ2) is 7.06. The highest BCUT2D eigenvalue weighted by Crippen LogP contribution is 2.20. The Kier molecular flexibility index (Phi) is 4.45. The zero-order valence-corrected chi connectivity index (χ0v) is 15.2. The Morgan fingerprint density at radius 3 is 2.48 bits per heavy atom. The smallest absolute Gasteiger partial charge is 0.261 e. The minimum atomic E-state index is -0.0697. The molecule has 1 fully saturated rings. The van der Waals surface area contributed by atoms with Crippen LogP contribution in [0.15, 0.2) is 36.8 Å². The molecule has 0 saturated carbocycles. The number of nitrogens with zero attached hydrogens (tertiary/aromatic N) is 8. The summed E-state index contributed by atoms with van der Waals surface area (Å²) in [6, 6.07) is 5.64. The van der Waals surface area contributed by atoms with Gasteiger partial charge < -0.3 is 14.5 Å². The number of carbonyl (C=O) groups is 1. The number of carbonyl (C=O) groups excluding carboxylic acids is 1. The first-order valence-electron chi connectivity index (χ1n) is 8.61. The fourth-order valence-corrected chi connectivity index (χ4v) is 3.09. The number of ether oxygens (including phenoxy) is 1. The Labute approximate surface area is 156 Å². The molecule has 10 nitrogen and oxygen atoms in total. The Balaban J connectivity index is 1.40. The van der Waals surface area contributed by atoms with Crippen LogP contribution in [0.4, 0.5) is 5.82 Å². The molecule has 1 amide bonds. The Bertz CT molecular complexity index is 911. The maximum atomic E-state index is 12.7. The van der Waals surface area contributed by atoms with E-state index in [4.69, 9.17) is 4.74 Å². The van der Waals surface area contributed by atoms with E-state index in [9.17, 15) is 4.79 Å². The van der Waals surface area contributed by atoms with Crippen molar-refractivity contribution in [1.82, 2.24) is 34.7 Å². The fourth-order valence-electron chi connectivity index (χ4n) is 3.09. The minimum absolute atomic E-state index is 0.0697. The molecule has 0 N–H and O–H groups in total. The van der Waals surface area contributed by atoms with Crippen LogP contribution in [0.25, 0.3) is 5.82 Å². The summed E-state index contributed by atoms with van der Waals surface area (Å²) >= 11 is 0. The summed E-state index contributed by atoms with van der Waals surface area (Å²) in [7, 11) is 3.28. The molecule has 10 heteroatoms. The number of hydrogen-bond acceptors (Lipinski definition) is 7. The van der Waals surface area contributed by atoms with Crippen molar-refractivity contribution < 1.29 is 9.53 Å². The van der Waals surface area contributed by atoms with E-state index >= 15 is 0 Å². The molecule has 27 heavy (non-hydrogen) atoms. The van der Waals surface area contributed by atoms with Crippen molar-refractivity contribution >= 4 is 11.7 Å². The molecule has 1 aliphatic rings. The quantitative estimate of drug-likeness (QED) is 0.656. The van der Waals surface area contributed by atoms with E-state index in [1.54, 1.807) is 28.8 Å². The first-order chi connectivity index (χ1) is 13.2. The molecule has 0 bridgehead atoms. The van der Waals surface area contributed by atoms with Gasteiger partial charge in [-0.1, -0.05) is 0 Å². The van der Waals surface area contributed by atoms with Gasteiger partial charge in [-0.2, -0.15) is 5.10 Å². The molecule has 0 unspecified atom stereocenters. The van der Waals surface area contributed by atoms with Crippen molar-refractivity contribution in [1.29, 1.82) is 0 Å². The van der Waals surface area contributed by atoms with Crippen LogP contribution in [0.1, 0.15) is 10.4 Å². The van der Waals surface area contributed by atoms with Crippen molar-refractivity contribution in [3.63, 3.8) is 0 Å². The SMILES string of the molecule is COc1nn(C)cc1C(=O)N1CCN(c2ccc(-n3cccn3)nn2)CC1. The van der Waals surface area contributed by atoms with Crippen molar-refractivity contribution in [3.8, 4) is 11.7 Å². The maximum absolute atomic E-state index is 12.7. The maximum Gasteiger partial charge on any atom is 0.261 e. The lowest BCUT2D eigenvalue weighted by Gasteiger charge is -2.35. The summed E-state index contributed by atoms with van der Waals surface area (Å²) in [5, 5.41) is 16.8. The number of methoxy groups -OCH3 is 1. The summed E-state index contributed by atoms with van der Waals surface area (Å²) in [5.74, 6) is 1.74. The first kappa shape index (κ1) is 17.0. The van der Waals surface area contributed by atoms with E-state index in [-0.39, 0.29) is 5.91 Å². The second-order valence-corrected chi connectivity index (χ2v) is 6.21. The number of rotatable bonds is 4. The monoisotopic (exact) mass is 368 g/mol. The van der Waals surface area contributed by atoms with Crippen LogP contribution in [-0.2, 0) is 7.05 Å². The summed E-state index contributed by atoms with van der Waals surface area (Å²) in [4.78, 5) is 16.7. The topological polar surface area (TPSA) is 94.2 Å². The largest absolute Gasteiger partial charge is 0.479 e. The Morgan fingerprint density at radius 2 is 1.85 bits per heavy atom. The molecule has 0 radical (unpaired) electrons. The Hall–Kier alpha value is -3.43. The highest BCUT2D eigenvalue weighted by atomic mass is 16.5. The van der Waals surface area contributed by atoms with E-state index in [2.05, 4.69) is 25.3 Å². The lowest BCUT2D eigenvalue weighted by atomic mass is 10.2. The number of aryl methyl sites for hydroxylation is 1. The summed E-state index contributed by atoms with van der Waals surface area (Å²) in [6.07, 6.45) is 5.21. The number of amides is 1. The van der Waals surface area contributed by atoms with Gasteiger partial charge in [0.05, 0.1) is 7.11 Å². The Morgan fingerprint density at radius 1 is 1.11 bits per heavy atom. The van der Waals surface area contributed by atoms with E-state index in [1.165, 1.54) is 7.11 Å². The van der Waals surface area contributed by atoms with Gasteiger partial charge in [-0.25, -0.2) is 4.68 Å². The molecule has 0 aliphatic carbocycles. The second-order valence-electron chi connectivity index (χ2n) is 6.21. The van der Waals surface area contributed by atoms with Gasteiger partial charge in [0, 0.05) is 51.8 Å². The van der Waals surface area contributed by atoms with Crippen molar-refractivity contribution in [2.45, 2.75) is 0 Å². The number of piperazine rings is 1. The highest BCUT2D eigenvalue weighted by molar-refractivity contribution is 5.96. The molecule has 1 saturated heterocycles. The van der Waals surface area contributed by atoms with Gasteiger partial charge in [0.2, 0.25) is 5.88 Å². The molecule has 0 atom stereocenters. The summed E-state index contributed by atoms with van der Waals surface area (Å²) in [5.41, 5.74) is 0.483. The predicted octanol–water partition coefficient (Wildman–Crippen LogP) is 0.367. The third kappa shape index (κ3) is 3.33. The number of anilines is 1. The lowest BCUT2D eigenvalue weighted by molar-refractivity contribution is 0.0743. The lowest BCUT2D eigenvalue weighted by Crippen LogP contribution is -2.49. The molecule has 1 aliphatic heterocycles. The van der Waals surface area contributed by atoms with Gasteiger partial charge in [-0.15, -0.1) is 15.3 Å². The first-order valence-corrected chi connectivity index (χ1v) is 8.61. The standard InChI is InChI=1S/C17H20N8O2/c1-22-12-13(16(21-22)27-2)17(26)24-10-8-23(9-11-24)14-4-5-15(20-19-14)25-7-3-6-18-25/h3-7,12H,8-11H2,1-2H3. The van der Waals surface area contributed by atoms with Crippen LogP contribution in [0.5, 0.6) is 5.88 Å². The van der Waals surface area contributed by atoms with Gasteiger partial charge in [0.1, 0.15) is 5.56 Å². The third-order valence-corrected chi connectivity index (χ3v) is 4.49. The van der Waals surface area contributed by atoms with E-state index in [1.807, 2.05) is 29.3 Å². The summed E-state index contributed by atoms with van der Waals surface area (Å²) < 4.78 is 8.44. The highest BCUT2D eigenvalue weighted by Gasteiger charge is 2.26. The zero-order chi connectivity index (χ0) is 18.8. The summed E-state index contributed by atoms with van der Waals surface area (Å²) in [6.45, 7) is 2.56. The van der Waals surface area contributed by atoms with Crippen molar-refractivity contribution in [2.75, 3.05) is 38.2 Å². The average molecular weight is 368 g/mol. The normalized spacial score (nSPS) is 14.4. The molecule has 0 spiro atoms. The molecule has 4 rings (SSSR count). The van der Waals surface area contributed by atoms with Crippen LogP contribution >= 0.6 is 0 Å².